The van der Waals surface area contributed by atoms with E-state index in [4.69, 9.17) is 10.1 Å². The highest BCUT2D eigenvalue weighted by Gasteiger charge is 2.18. The lowest BCUT2D eigenvalue weighted by molar-refractivity contribution is 0.101. The number of rotatable bonds is 14. The van der Waals surface area contributed by atoms with Crippen LogP contribution >= 0.6 is 0 Å². The van der Waals surface area contributed by atoms with Crippen LogP contribution in [0.5, 0.6) is 0 Å². The molecule has 0 aliphatic carbocycles. The van der Waals surface area contributed by atoms with Crippen LogP contribution < -0.4 is 10.2 Å². The van der Waals surface area contributed by atoms with Gasteiger partial charge in [-0.1, -0.05) is 39.2 Å². The van der Waals surface area contributed by atoms with Gasteiger partial charge in [0.2, 0.25) is 0 Å². The maximum Gasteiger partial charge on any atom is 0.160 e. The van der Waals surface area contributed by atoms with E-state index in [0.29, 0.717) is 11.5 Å². The molecule has 1 aromatic carbocycles. The molecule has 0 bridgehead atoms. The lowest BCUT2D eigenvalue weighted by Crippen LogP contribution is -2.31. The summed E-state index contributed by atoms with van der Waals surface area (Å²) in [4.78, 5) is 18.9. The third kappa shape index (κ3) is 6.90. The zero-order chi connectivity index (χ0) is 26.2. The highest BCUT2D eigenvalue weighted by molar-refractivity contribution is 5.95. The number of anilines is 1. The lowest BCUT2D eigenvalue weighted by atomic mass is 10.00. The third-order valence-electron chi connectivity index (χ3n) is 7.05. The predicted octanol–water partition coefficient (Wildman–Crippen LogP) is 6.03. The Labute approximate surface area is 215 Å². The highest BCUT2D eigenvalue weighted by Crippen LogP contribution is 2.27. The van der Waals surface area contributed by atoms with Crippen molar-refractivity contribution >= 4 is 17.2 Å². The Kier molecular flexibility index (Phi) is 9.99. The number of unbranched alkanes of at least 4 members (excludes halogenated alkanes) is 2. The monoisotopic (exact) mass is 495 g/mol. The van der Waals surface area contributed by atoms with E-state index in [-0.39, 0.29) is 11.6 Å². The molecule has 196 valence electrons. The van der Waals surface area contributed by atoms with Crippen LogP contribution in [-0.4, -0.2) is 47.1 Å². The van der Waals surface area contributed by atoms with E-state index in [1.54, 1.807) is 6.07 Å². The molecule has 0 radical (unpaired) electrons. The minimum Gasteiger partial charge on any atom is -0.358 e. The van der Waals surface area contributed by atoms with Gasteiger partial charge in [-0.15, -0.1) is 0 Å². The fraction of sp³-hybridized carbons (Fsp3) is 0.552. The van der Waals surface area contributed by atoms with Gasteiger partial charge in [0.15, 0.2) is 11.4 Å². The molecule has 0 saturated heterocycles. The van der Waals surface area contributed by atoms with E-state index in [1.165, 1.54) is 38.3 Å². The van der Waals surface area contributed by atoms with Crippen molar-refractivity contribution in [2.24, 2.45) is 0 Å². The summed E-state index contributed by atoms with van der Waals surface area (Å²) in [7, 11) is 2.10. The molecule has 1 N–H and O–H groups in total. The molecule has 2 heterocycles. The number of halogens is 1. The van der Waals surface area contributed by atoms with Gasteiger partial charge in [-0.3, -0.25) is 4.79 Å². The van der Waals surface area contributed by atoms with Crippen molar-refractivity contribution in [3.05, 3.63) is 58.2 Å². The smallest absolute Gasteiger partial charge is 0.160 e. The van der Waals surface area contributed by atoms with Crippen LogP contribution in [0.2, 0.25) is 0 Å². The molecule has 1 unspecified atom stereocenters. The second-order valence-electron chi connectivity index (χ2n) is 10.0. The summed E-state index contributed by atoms with van der Waals surface area (Å²) in [6.45, 7) is 12.6. The predicted molar refractivity (Wildman–Crippen MR) is 146 cm³/mol. The van der Waals surface area contributed by atoms with Crippen LogP contribution in [0.4, 0.5) is 10.2 Å². The van der Waals surface area contributed by atoms with Crippen LogP contribution in [0.25, 0.3) is 5.65 Å². The number of aromatic nitrogens is 3. The van der Waals surface area contributed by atoms with Gasteiger partial charge in [0.05, 0.1) is 5.69 Å². The average molecular weight is 496 g/mol. The van der Waals surface area contributed by atoms with E-state index in [0.717, 1.165) is 72.9 Å². The number of carbonyl (C=O) groups is 1. The summed E-state index contributed by atoms with van der Waals surface area (Å²) in [6.07, 6.45) is 6.49. The maximum atomic E-state index is 13.5. The first kappa shape index (κ1) is 27.8. The van der Waals surface area contributed by atoms with E-state index in [9.17, 15) is 9.18 Å². The number of hydrogen-bond donors (Lipinski definition) is 1. The van der Waals surface area contributed by atoms with Crippen LogP contribution in [0.15, 0.2) is 24.3 Å². The molecule has 0 spiro atoms. The molecule has 0 fully saturated rings. The van der Waals surface area contributed by atoms with Gasteiger partial charge in [-0.25, -0.2) is 9.37 Å². The number of Topliss-reactive ketones (excluding diaryl/α,β-unsaturated/α-hetero) is 1. The maximum absolute atomic E-state index is 13.5. The Hall–Kier alpha value is -2.80. The van der Waals surface area contributed by atoms with E-state index in [1.807, 2.05) is 4.52 Å². The molecule has 0 aliphatic rings. The summed E-state index contributed by atoms with van der Waals surface area (Å²) in [5, 5.41) is 8.48. The van der Waals surface area contributed by atoms with E-state index < -0.39 is 0 Å². The van der Waals surface area contributed by atoms with Gasteiger partial charge in [0.25, 0.3) is 0 Å². The Bertz CT molecular complexity index is 1170. The summed E-state index contributed by atoms with van der Waals surface area (Å²) in [5.74, 6) is 1.05. The SMILES string of the molecule is CCCCCC(C)c1cc2nc(C)c(C)c(N(C)CCNCCCc3ccc(F)cc3C(C)=O)n2n1. The van der Waals surface area contributed by atoms with Gasteiger partial charge in [0, 0.05) is 48.9 Å². The fourth-order valence-corrected chi connectivity index (χ4v) is 4.71. The summed E-state index contributed by atoms with van der Waals surface area (Å²) < 4.78 is 15.5. The van der Waals surface area contributed by atoms with Gasteiger partial charge in [0.1, 0.15) is 11.6 Å². The summed E-state index contributed by atoms with van der Waals surface area (Å²) >= 11 is 0. The summed E-state index contributed by atoms with van der Waals surface area (Å²) in [6, 6.07) is 6.63. The van der Waals surface area contributed by atoms with Crippen LogP contribution in [-0.2, 0) is 6.42 Å². The Morgan fingerprint density at radius 2 is 1.94 bits per heavy atom. The molecule has 3 aromatic rings. The summed E-state index contributed by atoms with van der Waals surface area (Å²) in [5.41, 5.74) is 5.59. The third-order valence-corrected chi connectivity index (χ3v) is 7.05. The van der Waals surface area contributed by atoms with Crippen molar-refractivity contribution in [2.75, 3.05) is 31.6 Å². The molecule has 0 aliphatic heterocycles. The number of likely N-dealkylation sites (N-methyl/N-ethyl adjacent to an activating group) is 1. The van der Waals surface area contributed by atoms with Crippen LogP contribution in [0.1, 0.15) is 91.7 Å². The molecule has 1 atom stereocenters. The largest absolute Gasteiger partial charge is 0.358 e. The van der Waals surface area contributed by atoms with E-state index >= 15 is 0 Å². The topological polar surface area (TPSA) is 62.5 Å². The Balaban J connectivity index is 1.58. The highest BCUT2D eigenvalue weighted by atomic mass is 19.1. The molecule has 0 saturated carbocycles. The van der Waals surface area contributed by atoms with Gasteiger partial charge < -0.3 is 10.2 Å². The van der Waals surface area contributed by atoms with Crippen molar-refractivity contribution in [3.8, 4) is 0 Å². The Morgan fingerprint density at radius 1 is 1.17 bits per heavy atom. The first-order valence-electron chi connectivity index (χ1n) is 13.3. The van der Waals surface area contributed by atoms with Crippen molar-refractivity contribution < 1.29 is 9.18 Å². The van der Waals surface area contributed by atoms with Crippen LogP contribution in [0.3, 0.4) is 0 Å². The number of nitrogens with zero attached hydrogens (tertiary/aromatic N) is 4. The number of hydrogen-bond acceptors (Lipinski definition) is 5. The zero-order valence-corrected chi connectivity index (χ0v) is 22.8. The average Bonchev–Trinajstić information content (AvgIpc) is 3.26. The molecule has 36 heavy (non-hydrogen) atoms. The second kappa shape index (κ2) is 12.9. The van der Waals surface area contributed by atoms with Crippen molar-refractivity contribution in [1.29, 1.82) is 0 Å². The van der Waals surface area contributed by atoms with Gasteiger partial charge in [-0.05, 0) is 64.3 Å². The number of carbonyl (C=O) groups excluding carboxylic acids is 1. The lowest BCUT2D eigenvalue weighted by Gasteiger charge is -2.23. The van der Waals surface area contributed by atoms with Crippen molar-refractivity contribution in [1.82, 2.24) is 19.9 Å². The molecule has 6 nitrogen and oxygen atoms in total. The van der Waals surface area contributed by atoms with E-state index in [2.05, 4.69) is 51.0 Å². The van der Waals surface area contributed by atoms with Crippen molar-refractivity contribution in [3.63, 3.8) is 0 Å². The first-order chi connectivity index (χ1) is 17.2. The minimum atomic E-state index is -0.365. The number of benzene rings is 1. The quantitative estimate of drug-likeness (QED) is 0.219. The normalized spacial score (nSPS) is 12.3. The standard InChI is InChI=1S/C29H42FN5O/c1-7-8-9-11-20(2)27-19-28-32-22(4)21(3)29(35(28)33-27)34(6)17-16-31-15-10-12-24-13-14-25(30)18-26(24)23(5)36/h13-14,18-20,31H,7-12,15-17H2,1-6H3. The number of fused-ring (bicyclic) bond motifs is 1. The van der Waals surface area contributed by atoms with Crippen LogP contribution in [0, 0.1) is 19.7 Å². The van der Waals surface area contributed by atoms with Gasteiger partial charge in [-0.2, -0.15) is 9.61 Å². The molecular formula is C29H42FN5O. The second-order valence-corrected chi connectivity index (χ2v) is 10.0. The zero-order valence-electron chi connectivity index (χ0n) is 22.8. The fourth-order valence-electron chi connectivity index (χ4n) is 4.71. The molecule has 7 heteroatoms. The minimum absolute atomic E-state index is 0.0921. The number of nitrogens with one attached hydrogen (secondary N) is 1. The molecular weight excluding hydrogens is 453 g/mol. The Morgan fingerprint density at radius 3 is 2.67 bits per heavy atom. The molecule has 2 aromatic heterocycles. The van der Waals surface area contributed by atoms with Gasteiger partial charge >= 0.3 is 0 Å². The number of aryl methyl sites for hydroxylation is 2. The number of ketones is 1. The molecule has 3 rings (SSSR count). The first-order valence-corrected chi connectivity index (χ1v) is 13.3. The van der Waals surface area contributed by atoms with Crippen molar-refractivity contribution in [2.45, 2.75) is 79.1 Å². The molecule has 0 amide bonds.